The molecule has 1 aromatic heterocycles. The van der Waals surface area contributed by atoms with Gasteiger partial charge in [-0.2, -0.15) is 48.6 Å². The summed E-state index contributed by atoms with van der Waals surface area (Å²) >= 11 is 3.61. The van der Waals surface area contributed by atoms with Gasteiger partial charge in [0.1, 0.15) is 0 Å². The summed E-state index contributed by atoms with van der Waals surface area (Å²) in [4.78, 5) is 3.84. The molecule has 0 aliphatic rings. The Morgan fingerprint density at radius 1 is 0.448 bits per heavy atom. The molecule has 11 heteroatoms. The first kappa shape index (κ1) is 45.7. The second-order valence-electron chi connectivity index (χ2n) is 12.2. The van der Waals surface area contributed by atoms with Crippen molar-refractivity contribution in [2.75, 3.05) is 0 Å². The number of hydrogen-bond acceptors (Lipinski definition) is 4. The highest BCUT2D eigenvalue weighted by atomic mass is 32.2. The van der Waals surface area contributed by atoms with E-state index in [1.807, 2.05) is 11.8 Å². The SMILES string of the molecule is O=S(=O)(O)C(F)(F)F.S.S.c1ccc(-c2cccc(-c3cccs3)c2-c2ccccc2)cc1.c1ccc(Sc2cccc(-c3ccccc3)c2-c2ccccc2)cc1. The smallest absolute Gasteiger partial charge is 0.279 e. The van der Waals surface area contributed by atoms with Crippen LogP contribution in [0.1, 0.15) is 0 Å². The molecule has 3 nitrogen and oxygen atoms in total. The van der Waals surface area contributed by atoms with Crippen LogP contribution in [0.5, 0.6) is 0 Å². The maximum atomic E-state index is 10.7. The largest absolute Gasteiger partial charge is 0.522 e. The Balaban J connectivity index is 0.000000211. The van der Waals surface area contributed by atoms with Crippen molar-refractivity contribution in [1.29, 1.82) is 0 Å². The van der Waals surface area contributed by atoms with Gasteiger partial charge in [-0.1, -0.05) is 188 Å². The molecule has 1 heterocycles. The van der Waals surface area contributed by atoms with Gasteiger partial charge in [0.25, 0.3) is 0 Å². The van der Waals surface area contributed by atoms with Gasteiger partial charge in [-0.25, -0.2) is 0 Å². The van der Waals surface area contributed by atoms with Crippen LogP contribution in [0.15, 0.2) is 215 Å². The minimum atomic E-state index is -5.84. The van der Waals surface area contributed by atoms with Crippen LogP contribution < -0.4 is 0 Å². The summed E-state index contributed by atoms with van der Waals surface area (Å²) in [7, 11) is -5.84. The Bertz CT molecular complexity index is 2540. The molecule has 7 aromatic carbocycles. The number of thiophene rings is 1. The van der Waals surface area contributed by atoms with E-state index in [2.05, 4.69) is 206 Å². The van der Waals surface area contributed by atoms with Crippen LogP contribution in [0, 0.1) is 0 Å². The quantitative estimate of drug-likeness (QED) is 0.128. The van der Waals surface area contributed by atoms with Crippen molar-refractivity contribution in [3.63, 3.8) is 0 Å². The van der Waals surface area contributed by atoms with Crippen LogP contribution in [0.2, 0.25) is 0 Å². The molecule has 0 saturated carbocycles. The molecule has 0 spiro atoms. The highest BCUT2D eigenvalue weighted by Crippen LogP contribution is 2.43. The average molecular weight is 869 g/mol. The summed E-state index contributed by atoms with van der Waals surface area (Å²) in [5.74, 6) is 0. The first-order chi connectivity index (χ1) is 27.1. The summed E-state index contributed by atoms with van der Waals surface area (Å²) in [5, 5.41) is 2.14. The summed E-state index contributed by atoms with van der Waals surface area (Å²) in [5.41, 5.74) is 5.93. The molecular weight excluding hydrogens is 830 g/mol. The monoisotopic (exact) mass is 868 g/mol. The predicted molar refractivity (Wildman–Crippen MR) is 247 cm³/mol. The minimum absolute atomic E-state index is 0. The molecule has 0 bridgehead atoms. The Morgan fingerprint density at radius 3 is 1.26 bits per heavy atom. The normalized spacial score (nSPS) is 10.7. The zero-order chi connectivity index (χ0) is 39.4. The van der Waals surface area contributed by atoms with Crippen molar-refractivity contribution in [2.24, 2.45) is 0 Å². The zero-order valence-electron chi connectivity index (χ0n) is 30.8. The van der Waals surface area contributed by atoms with E-state index in [0.29, 0.717) is 0 Å². The lowest BCUT2D eigenvalue weighted by Crippen LogP contribution is -2.21. The highest BCUT2D eigenvalue weighted by Gasteiger charge is 2.44. The first-order valence-electron chi connectivity index (χ1n) is 17.4. The van der Waals surface area contributed by atoms with Crippen molar-refractivity contribution in [1.82, 2.24) is 0 Å². The lowest BCUT2D eigenvalue weighted by Gasteiger charge is -2.15. The minimum Gasteiger partial charge on any atom is -0.279 e. The number of rotatable bonds is 7. The van der Waals surface area contributed by atoms with Crippen molar-refractivity contribution < 1.29 is 26.1 Å². The lowest BCUT2D eigenvalue weighted by atomic mass is 9.90. The second kappa shape index (κ2) is 21.7. The molecule has 8 rings (SSSR count). The van der Waals surface area contributed by atoms with Crippen molar-refractivity contribution in [3.8, 4) is 54.9 Å². The van der Waals surface area contributed by atoms with Gasteiger partial charge in [0, 0.05) is 25.8 Å². The van der Waals surface area contributed by atoms with Gasteiger partial charge in [0.2, 0.25) is 0 Å². The number of benzene rings is 7. The van der Waals surface area contributed by atoms with Gasteiger partial charge in [0.15, 0.2) is 0 Å². The number of hydrogen-bond donors (Lipinski definition) is 1. The third kappa shape index (κ3) is 12.0. The van der Waals surface area contributed by atoms with Crippen LogP contribution in [-0.4, -0.2) is 18.5 Å². The Hall–Kier alpha value is -5.01. The van der Waals surface area contributed by atoms with Gasteiger partial charge < -0.3 is 0 Å². The van der Waals surface area contributed by atoms with Crippen molar-refractivity contribution >= 4 is 60.2 Å². The maximum Gasteiger partial charge on any atom is 0.522 e. The van der Waals surface area contributed by atoms with E-state index < -0.39 is 15.6 Å². The standard InChI is InChI=1S/C24H18S.C22H16S.CHF3O3S.2H2S/c1-4-11-19(12-5-1)22-17-10-18-23(25-21-15-8-3-9-16-21)24(22)20-13-6-2-7-14-20;1-3-9-17(10-4-1)19-13-7-14-20(21-15-8-16-23-21)22(19)18-11-5-2-6-12-18;2-1(3,4)8(5,6)7;;/h1-18H;1-16H;(H,5,6,7);2*1H2. The van der Waals surface area contributed by atoms with E-state index in [1.54, 1.807) is 11.3 Å². The fourth-order valence-corrected chi connectivity index (χ4v) is 7.74. The molecule has 0 aliphatic carbocycles. The molecule has 296 valence electrons. The Morgan fingerprint density at radius 2 is 0.828 bits per heavy atom. The molecule has 58 heavy (non-hydrogen) atoms. The average Bonchev–Trinajstić information content (AvgIpc) is 3.77. The van der Waals surface area contributed by atoms with Crippen molar-refractivity contribution in [2.45, 2.75) is 15.3 Å². The number of alkyl halides is 3. The highest BCUT2D eigenvalue weighted by molar-refractivity contribution is 7.99. The van der Waals surface area contributed by atoms with Gasteiger partial charge in [-0.3, -0.25) is 4.55 Å². The summed E-state index contributed by atoms with van der Waals surface area (Å²) < 4.78 is 57.5. The maximum absolute atomic E-state index is 10.7. The molecule has 0 atom stereocenters. The molecular formula is C47H39F3O3S5. The molecule has 0 fully saturated rings. The Labute approximate surface area is 359 Å². The summed E-state index contributed by atoms with van der Waals surface area (Å²) in [6.07, 6.45) is 0. The summed E-state index contributed by atoms with van der Waals surface area (Å²) in [6.45, 7) is 0. The third-order valence-electron chi connectivity index (χ3n) is 8.44. The molecule has 8 aromatic rings. The fraction of sp³-hybridized carbons (Fsp3) is 0.0213. The van der Waals surface area contributed by atoms with Crippen LogP contribution in [0.4, 0.5) is 13.2 Å². The van der Waals surface area contributed by atoms with Crippen molar-refractivity contribution in [3.05, 3.63) is 206 Å². The van der Waals surface area contributed by atoms with Crippen LogP contribution in [0.25, 0.3) is 54.9 Å². The number of halogens is 3. The topological polar surface area (TPSA) is 54.4 Å². The Kier molecular flexibility index (Phi) is 17.1. The second-order valence-corrected chi connectivity index (χ2v) is 15.7. The van der Waals surface area contributed by atoms with E-state index in [1.165, 1.54) is 64.7 Å². The van der Waals surface area contributed by atoms with E-state index in [0.717, 1.165) is 0 Å². The fourth-order valence-electron chi connectivity index (χ4n) is 5.96. The molecule has 1 N–H and O–H groups in total. The van der Waals surface area contributed by atoms with E-state index in [4.69, 9.17) is 13.0 Å². The van der Waals surface area contributed by atoms with Crippen LogP contribution >= 0.6 is 50.1 Å². The van der Waals surface area contributed by atoms with Crippen LogP contribution in [0.3, 0.4) is 0 Å². The first-order valence-corrected chi connectivity index (χ1v) is 20.5. The van der Waals surface area contributed by atoms with Gasteiger partial charge in [-0.15, -0.1) is 11.3 Å². The van der Waals surface area contributed by atoms with Gasteiger partial charge in [-0.05, 0) is 68.6 Å². The van der Waals surface area contributed by atoms with Crippen LogP contribution in [-0.2, 0) is 10.1 Å². The van der Waals surface area contributed by atoms with E-state index in [9.17, 15) is 13.2 Å². The molecule has 0 unspecified atom stereocenters. The van der Waals surface area contributed by atoms with E-state index >= 15 is 0 Å². The van der Waals surface area contributed by atoms with Gasteiger partial charge >= 0.3 is 15.6 Å². The molecule has 0 radical (unpaired) electrons. The molecule has 0 aliphatic heterocycles. The third-order valence-corrected chi connectivity index (χ3v) is 11.0. The summed E-state index contributed by atoms with van der Waals surface area (Å²) in [6, 6.07) is 70.6. The lowest BCUT2D eigenvalue weighted by molar-refractivity contribution is -0.0510. The molecule has 0 amide bonds. The predicted octanol–water partition coefficient (Wildman–Crippen LogP) is 14.5. The van der Waals surface area contributed by atoms with Gasteiger partial charge in [0.05, 0.1) is 0 Å². The molecule has 0 saturated heterocycles. The van der Waals surface area contributed by atoms with E-state index in [-0.39, 0.29) is 27.0 Å². The zero-order valence-corrected chi connectivity index (χ0v) is 35.2.